The van der Waals surface area contributed by atoms with Gasteiger partial charge in [-0.3, -0.25) is 9.59 Å². The van der Waals surface area contributed by atoms with E-state index < -0.39 is 5.60 Å². The van der Waals surface area contributed by atoms with Crippen molar-refractivity contribution in [3.8, 4) is 11.3 Å². The smallest absolute Gasteiger partial charge is 0.275 e. The molecule has 0 bridgehead atoms. The highest BCUT2D eigenvalue weighted by molar-refractivity contribution is 5.98. The maximum absolute atomic E-state index is 14.3. The normalized spacial score (nSPS) is 22.8. The summed E-state index contributed by atoms with van der Waals surface area (Å²) >= 11 is 0. The first-order valence-corrected chi connectivity index (χ1v) is 14.7. The van der Waals surface area contributed by atoms with Gasteiger partial charge >= 0.3 is 0 Å². The van der Waals surface area contributed by atoms with E-state index in [1.54, 1.807) is 6.33 Å². The van der Waals surface area contributed by atoms with Crippen LogP contribution in [0, 0.1) is 0 Å². The van der Waals surface area contributed by atoms with E-state index in [9.17, 15) is 14.7 Å². The number of rotatable bonds is 10. The molecule has 1 aromatic heterocycles. The molecule has 2 fully saturated rings. The van der Waals surface area contributed by atoms with Gasteiger partial charge in [-0.05, 0) is 24.8 Å². The molecule has 218 valence electrons. The van der Waals surface area contributed by atoms with Crippen molar-refractivity contribution in [3.63, 3.8) is 0 Å². The summed E-state index contributed by atoms with van der Waals surface area (Å²) < 4.78 is 7.87. The van der Waals surface area contributed by atoms with Crippen molar-refractivity contribution in [2.24, 2.45) is 0 Å². The van der Waals surface area contributed by atoms with Gasteiger partial charge in [0.15, 0.2) is 5.69 Å². The van der Waals surface area contributed by atoms with E-state index in [0.29, 0.717) is 31.8 Å². The van der Waals surface area contributed by atoms with Crippen LogP contribution in [0.2, 0.25) is 0 Å². The molecule has 2 aromatic carbocycles. The highest BCUT2D eigenvalue weighted by atomic mass is 16.5. The monoisotopic (exact) mass is 559 g/mol. The van der Waals surface area contributed by atoms with Crippen molar-refractivity contribution in [2.75, 3.05) is 39.4 Å². The van der Waals surface area contributed by atoms with Crippen LogP contribution in [0.25, 0.3) is 11.3 Å². The highest BCUT2D eigenvalue weighted by Crippen LogP contribution is 2.41. The van der Waals surface area contributed by atoms with Crippen LogP contribution in [0.15, 0.2) is 67.0 Å². The first kappa shape index (κ1) is 29.0. The quantitative estimate of drug-likeness (QED) is 0.329. The third kappa shape index (κ3) is 6.86. The fraction of sp³-hybridized carbons (Fsp3) is 0.469. The Hall–Kier alpha value is -3.53. The number of amides is 2. The minimum Gasteiger partial charge on any atom is -0.385 e. The molecule has 0 unspecified atom stereocenters. The number of nitrogens with zero attached hydrogens (tertiary/aromatic N) is 3. The number of imidazole rings is 1. The molecule has 3 N–H and O–H groups in total. The standard InChI is InChI=1S/C32H41N5O4/c1-24(38)34-17-19-41-22-32(40)15-9-8-14-28(32)37-23-35-29(30(37)26-12-6-3-7-13-26)31(39)36-18-16-33-21-27(36)20-25-10-4-2-5-11-25/h2-7,10-13,23,27-28,33,40H,8-9,14-22H2,1H3,(H,34,38)/t27-,28+,32+/m1/s1. The van der Waals surface area contributed by atoms with Crippen molar-refractivity contribution >= 4 is 11.8 Å². The molecule has 3 atom stereocenters. The zero-order chi connectivity index (χ0) is 28.7. The molecule has 41 heavy (non-hydrogen) atoms. The molecular formula is C32H41N5O4. The van der Waals surface area contributed by atoms with E-state index >= 15 is 0 Å². The van der Waals surface area contributed by atoms with Crippen molar-refractivity contribution in [1.29, 1.82) is 0 Å². The molecule has 1 saturated carbocycles. The van der Waals surface area contributed by atoms with Crippen molar-refractivity contribution in [1.82, 2.24) is 25.1 Å². The zero-order valence-corrected chi connectivity index (χ0v) is 23.8. The third-order valence-electron chi connectivity index (χ3n) is 8.23. The number of carbonyl (C=O) groups excluding carboxylic acids is 2. The Morgan fingerprint density at radius 3 is 2.63 bits per heavy atom. The first-order chi connectivity index (χ1) is 20.0. The molecule has 1 saturated heterocycles. The van der Waals surface area contributed by atoms with Gasteiger partial charge < -0.3 is 29.9 Å². The second kappa shape index (κ2) is 13.4. The fourth-order valence-electron chi connectivity index (χ4n) is 6.19. The van der Waals surface area contributed by atoms with Crippen LogP contribution in [-0.2, 0) is 16.0 Å². The summed E-state index contributed by atoms with van der Waals surface area (Å²) in [5.74, 6) is -0.197. The Labute approximate surface area is 241 Å². The van der Waals surface area contributed by atoms with E-state index in [1.807, 2.05) is 58.0 Å². The van der Waals surface area contributed by atoms with Crippen LogP contribution in [0.4, 0.5) is 0 Å². The van der Waals surface area contributed by atoms with Gasteiger partial charge in [-0.15, -0.1) is 0 Å². The predicted molar refractivity (Wildman–Crippen MR) is 157 cm³/mol. The molecule has 3 aromatic rings. The lowest BCUT2D eigenvalue weighted by Crippen LogP contribution is -2.54. The number of hydrogen-bond acceptors (Lipinski definition) is 6. The Bertz CT molecular complexity index is 1300. The average Bonchev–Trinajstić information content (AvgIpc) is 3.43. The second-order valence-electron chi connectivity index (χ2n) is 11.2. The minimum absolute atomic E-state index is 0.0102. The van der Waals surface area contributed by atoms with E-state index in [1.165, 1.54) is 12.5 Å². The van der Waals surface area contributed by atoms with Crippen molar-refractivity contribution in [3.05, 3.63) is 78.2 Å². The summed E-state index contributed by atoms with van der Waals surface area (Å²) in [6.07, 6.45) is 5.68. The van der Waals surface area contributed by atoms with Gasteiger partial charge in [-0.1, -0.05) is 73.5 Å². The Balaban J connectivity index is 1.44. The number of hydrogen-bond donors (Lipinski definition) is 3. The van der Waals surface area contributed by atoms with Crippen LogP contribution >= 0.6 is 0 Å². The number of piperazine rings is 1. The minimum atomic E-state index is -1.12. The molecule has 0 spiro atoms. The van der Waals surface area contributed by atoms with Crippen LogP contribution in [0.3, 0.4) is 0 Å². The largest absolute Gasteiger partial charge is 0.385 e. The van der Waals surface area contributed by atoms with Gasteiger partial charge in [0, 0.05) is 44.7 Å². The van der Waals surface area contributed by atoms with Crippen molar-refractivity contribution in [2.45, 2.75) is 56.7 Å². The Morgan fingerprint density at radius 2 is 1.88 bits per heavy atom. The summed E-state index contributed by atoms with van der Waals surface area (Å²) in [5, 5.41) is 18.1. The van der Waals surface area contributed by atoms with Gasteiger partial charge in [0.25, 0.3) is 5.91 Å². The van der Waals surface area contributed by atoms with Gasteiger partial charge in [0.1, 0.15) is 5.60 Å². The van der Waals surface area contributed by atoms with Crippen molar-refractivity contribution < 1.29 is 19.4 Å². The lowest BCUT2D eigenvalue weighted by Gasteiger charge is -2.41. The van der Waals surface area contributed by atoms with Gasteiger partial charge in [-0.2, -0.15) is 0 Å². The third-order valence-corrected chi connectivity index (χ3v) is 8.23. The number of aromatic nitrogens is 2. The number of carbonyl (C=O) groups is 2. The molecule has 0 radical (unpaired) electrons. The number of nitrogens with one attached hydrogen (secondary N) is 2. The maximum Gasteiger partial charge on any atom is 0.275 e. The lowest BCUT2D eigenvalue weighted by molar-refractivity contribution is -0.119. The van der Waals surface area contributed by atoms with Gasteiger partial charge in [0.05, 0.1) is 31.3 Å². The highest BCUT2D eigenvalue weighted by Gasteiger charge is 2.42. The number of ether oxygens (including phenoxy) is 1. The summed E-state index contributed by atoms with van der Waals surface area (Å²) in [6, 6.07) is 19.8. The lowest BCUT2D eigenvalue weighted by atomic mass is 9.80. The average molecular weight is 560 g/mol. The number of benzene rings is 2. The molecule has 1 aliphatic carbocycles. The first-order valence-electron chi connectivity index (χ1n) is 14.7. The predicted octanol–water partition coefficient (Wildman–Crippen LogP) is 3.21. The Morgan fingerprint density at radius 1 is 1.12 bits per heavy atom. The molecule has 2 amide bonds. The second-order valence-corrected chi connectivity index (χ2v) is 11.2. The molecule has 2 aliphatic rings. The molecule has 5 rings (SSSR count). The SMILES string of the molecule is CC(=O)NCCOC[C@@]1(O)CCCC[C@@H]1n1cnc(C(=O)N2CCNC[C@H]2Cc2ccccc2)c1-c1ccccc1. The summed E-state index contributed by atoms with van der Waals surface area (Å²) in [6.45, 7) is 4.38. The van der Waals surface area contributed by atoms with E-state index in [2.05, 4.69) is 22.8 Å². The summed E-state index contributed by atoms with van der Waals surface area (Å²) in [5.41, 5.74) is 2.11. The van der Waals surface area contributed by atoms with E-state index in [-0.39, 0.29) is 30.5 Å². The van der Waals surface area contributed by atoms with E-state index in [4.69, 9.17) is 9.72 Å². The molecular weight excluding hydrogens is 518 g/mol. The summed E-state index contributed by atoms with van der Waals surface area (Å²) in [7, 11) is 0. The molecule has 2 heterocycles. The van der Waals surface area contributed by atoms with Gasteiger partial charge in [-0.25, -0.2) is 4.98 Å². The molecule has 9 nitrogen and oxygen atoms in total. The zero-order valence-electron chi connectivity index (χ0n) is 23.8. The van der Waals surface area contributed by atoms with Crippen LogP contribution < -0.4 is 10.6 Å². The molecule has 9 heteroatoms. The van der Waals surface area contributed by atoms with Crippen LogP contribution in [-0.4, -0.2) is 82.4 Å². The van der Waals surface area contributed by atoms with Crippen LogP contribution in [0.1, 0.15) is 54.7 Å². The fourth-order valence-corrected chi connectivity index (χ4v) is 6.19. The van der Waals surface area contributed by atoms with Gasteiger partial charge in [0.2, 0.25) is 5.91 Å². The Kier molecular flexibility index (Phi) is 9.49. The topological polar surface area (TPSA) is 109 Å². The van der Waals surface area contributed by atoms with Crippen LogP contribution in [0.5, 0.6) is 0 Å². The summed E-state index contributed by atoms with van der Waals surface area (Å²) in [4.78, 5) is 32.1. The maximum atomic E-state index is 14.3. The van der Waals surface area contributed by atoms with E-state index in [0.717, 1.165) is 50.0 Å². The number of aliphatic hydroxyl groups is 1. The molecule has 1 aliphatic heterocycles.